The second kappa shape index (κ2) is 10.8. The van der Waals surface area contributed by atoms with Crippen molar-refractivity contribution < 1.29 is 22.7 Å². The number of rotatable bonds is 8. The van der Waals surface area contributed by atoms with Crippen molar-refractivity contribution in [2.75, 3.05) is 13.2 Å². The summed E-state index contributed by atoms with van der Waals surface area (Å²) in [6.07, 6.45) is 2.48. The number of hydrogen-bond acceptors (Lipinski definition) is 6. The molecule has 190 valence electrons. The monoisotopic (exact) mass is 530 g/mol. The fourth-order valence-corrected chi connectivity index (χ4v) is 6.21. The van der Waals surface area contributed by atoms with Crippen LogP contribution in [0.2, 0.25) is 5.02 Å². The van der Waals surface area contributed by atoms with E-state index in [1.807, 2.05) is 35.8 Å². The topological polar surface area (TPSA) is 110 Å². The molecule has 0 saturated carbocycles. The molecule has 1 N–H and O–H groups in total. The van der Waals surface area contributed by atoms with Gasteiger partial charge in [-0.15, -0.1) is 0 Å². The molecule has 1 fully saturated rings. The van der Waals surface area contributed by atoms with Gasteiger partial charge in [-0.3, -0.25) is 9.59 Å². The normalized spacial score (nSPS) is 16.6. The summed E-state index contributed by atoms with van der Waals surface area (Å²) in [5.41, 5.74) is 4.87. The maximum atomic E-state index is 13.1. The van der Waals surface area contributed by atoms with Crippen molar-refractivity contribution in [1.82, 2.24) is 14.3 Å². The first-order valence-corrected chi connectivity index (χ1v) is 13.4. The number of para-hydroxylation sites is 1. The van der Waals surface area contributed by atoms with Crippen LogP contribution < -0.4 is 5.43 Å². The first-order chi connectivity index (χ1) is 17.2. The molecule has 36 heavy (non-hydrogen) atoms. The van der Waals surface area contributed by atoms with Crippen LogP contribution in [0.5, 0.6) is 0 Å². The molecule has 1 amide bonds. The number of ether oxygens (including phenoxy) is 1. The number of nitrogens with one attached hydrogen (secondary N) is 1. The first-order valence-electron chi connectivity index (χ1n) is 11.6. The molecule has 0 bridgehead atoms. The summed E-state index contributed by atoms with van der Waals surface area (Å²) >= 11 is 5.88. The lowest BCUT2D eigenvalue weighted by Gasteiger charge is -2.22. The Hall–Kier alpha value is -3.21. The lowest BCUT2D eigenvalue weighted by atomic mass is 10.1. The maximum Gasteiger partial charge on any atom is 0.325 e. The highest BCUT2D eigenvalue weighted by Crippen LogP contribution is 2.27. The number of hydrogen-bond donors (Lipinski definition) is 1. The van der Waals surface area contributed by atoms with Gasteiger partial charge in [0.25, 0.3) is 5.91 Å². The van der Waals surface area contributed by atoms with Gasteiger partial charge in [0, 0.05) is 33.7 Å². The molecule has 1 saturated heterocycles. The van der Waals surface area contributed by atoms with E-state index in [0.717, 1.165) is 22.2 Å². The predicted molar refractivity (Wildman–Crippen MR) is 137 cm³/mol. The Labute approximate surface area is 214 Å². The van der Waals surface area contributed by atoms with E-state index >= 15 is 0 Å². The summed E-state index contributed by atoms with van der Waals surface area (Å²) in [5.74, 6) is -0.851. The van der Waals surface area contributed by atoms with Gasteiger partial charge in [0.1, 0.15) is 12.6 Å². The van der Waals surface area contributed by atoms with Gasteiger partial charge in [-0.1, -0.05) is 29.8 Å². The van der Waals surface area contributed by atoms with Crippen LogP contribution in [0.3, 0.4) is 0 Å². The molecule has 4 rings (SSSR count). The van der Waals surface area contributed by atoms with E-state index in [9.17, 15) is 18.0 Å². The highest BCUT2D eigenvalue weighted by molar-refractivity contribution is 7.89. The SMILES string of the molecule is CCOC(=O)Cn1c(C)c(/C=N\NC(=O)[C@@H]2CCCN2S(=O)(=O)c2ccc(Cl)cc2)c2ccccc21. The van der Waals surface area contributed by atoms with Crippen LogP contribution in [0.1, 0.15) is 31.0 Å². The Balaban J connectivity index is 1.53. The van der Waals surface area contributed by atoms with E-state index < -0.39 is 22.0 Å². The predicted octanol–water partition coefficient (Wildman–Crippen LogP) is 3.47. The average molecular weight is 531 g/mol. The minimum Gasteiger partial charge on any atom is -0.465 e. The second-order valence-electron chi connectivity index (χ2n) is 8.37. The van der Waals surface area contributed by atoms with E-state index in [1.165, 1.54) is 34.8 Å². The maximum absolute atomic E-state index is 13.1. The van der Waals surface area contributed by atoms with Crippen molar-refractivity contribution >= 4 is 50.6 Å². The third-order valence-electron chi connectivity index (χ3n) is 6.17. The molecule has 3 aromatic rings. The zero-order valence-electron chi connectivity index (χ0n) is 20.0. The van der Waals surface area contributed by atoms with E-state index in [2.05, 4.69) is 10.5 Å². The lowest BCUT2D eigenvalue weighted by molar-refractivity contribution is -0.143. The first kappa shape index (κ1) is 25.9. The molecule has 11 heteroatoms. The van der Waals surface area contributed by atoms with Gasteiger partial charge in [-0.2, -0.15) is 9.41 Å². The number of carbonyl (C=O) groups is 2. The summed E-state index contributed by atoms with van der Waals surface area (Å²) in [5, 5.41) is 5.43. The van der Waals surface area contributed by atoms with Crippen LogP contribution in [0.4, 0.5) is 0 Å². The van der Waals surface area contributed by atoms with E-state index in [1.54, 1.807) is 6.92 Å². The van der Waals surface area contributed by atoms with Crippen LogP contribution in [-0.4, -0.2) is 54.6 Å². The minimum absolute atomic E-state index is 0.0555. The zero-order chi connectivity index (χ0) is 25.9. The molecule has 9 nitrogen and oxygen atoms in total. The average Bonchev–Trinajstić information content (AvgIpc) is 3.45. The van der Waals surface area contributed by atoms with Gasteiger partial charge in [0.2, 0.25) is 10.0 Å². The van der Waals surface area contributed by atoms with E-state index in [-0.39, 0.29) is 24.0 Å². The molecule has 2 heterocycles. The molecule has 0 unspecified atom stereocenters. The highest BCUT2D eigenvalue weighted by Gasteiger charge is 2.39. The number of hydrazone groups is 1. The Morgan fingerprint density at radius 3 is 2.64 bits per heavy atom. The third-order valence-corrected chi connectivity index (χ3v) is 8.34. The zero-order valence-corrected chi connectivity index (χ0v) is 21.6. The molecule has 1 aliphatic rings. The molecular weight excluding hydrogens is 504 g/mol. The number of aromatic nitrogens is 1. The standard InChI is InChI=1S/C25H27ClN4O5S/c1-3-35-24(31)16-29-17(2)21(20-7-4-5-8-22(20)29)15-27-28-25(32)23-9-6-14-30(23)36(33,34)19-12-10-18(26)11-13-19/h4-5,7-8,10-13,15,23H,3,6,9,14,16H2,1-2H3,(H,28,32)/b27-15-/t23-/m0/s1. The van der Waals surface area contributed by atoms with Gasteiger partial charge in [0.05, 0.1) is 17.7 Å². The summed E-state index contributed by atoms with van der Waals surface area (Å²) in [6.45, 7) is 4.21. The van der Waals surface area contributed by atoms with Gasteiger partial charge in [-0.05, 0) is 57.0 Å². The van der Waals surface area contributed by atoms with Gasteiger partial charge in [0.15, 0.2) is 0 Å². The van der Waals surface area contributed by atoms with Gasteiger partial charge < -0.3 is 9.30 Å². The van der Waals surface area contributed by atoms with Crippen LogP contribution >= 0.6 is 11.6 Å². The molecule has 0 spiro atoms. The highest BCUT2D eigenvalue weighted by atomic mass is 35.5. The fraction of sp³-hybridized carbons (Fsp3) is 0.320. The summed E-state index contributed by atoms with van der Waals surface area (Å²) in [6, 6.07) is 12.6. The molecule has 1 atom stereocenters. The van der Waals surface area contributed by atoms with Crippen LogP contribution in [0, 0.1) is 6.92 Å². The van der Waals surface area contributed by atoms with Gasteiger partial charge in [-0.25, -0.2) is 13.8 Å². The van der Waals surface area contributed by atoms with Crippen molar-refractivity contribution in [3.63, 3.8) is 0 Å². The van der Waals surface area contributed by atoms with Crippen molar-refractivity contribution in [1.29, 1.82) is 0 Å². The number of esters is 1. The van der Waals surface area contributed by atoms with Crippen molar-refractivity contribution in [2.45, 2.75) is 44.2 Å². The summed E-state index contributed by atoms with van der Waals surface area (Å²) < 4.78 is 34.4. The van der Waals surface area contributed by atoms with Crippen LogP contribution in [-0.2, 0) is 30.9 Å². The number of fused-ring (bicyclic) bond motifs is 1. The molecule has 2 aromatic carbocycles. The molecule has 0 radical (unpaired) electrons. The Morgan fingerprint density at radius 1 is 1.19 bits per heavy atom. The molecule has 1 aromatic heterocycles. The van der Waals surface area contributed by atoms with Crippen LogP contribution in [0.25, 0.3) is 10.9 Å². The summed E-state index contributed by atoms with van der Waals surface area (Å²) in [7, 11) is -3.86. The van der Waals surface area contributed by atoms with Crippen molar-refractivity contribution in [3.05, 3.63) is 64.8 Å². The summed E-state index contributed by atoms with van der Waals surface area (Å²) in [4.78, 5) is 25.1. The van der Waals surface area contributed by atoms with Crippen molar-refractivity contribution in [3.8, 4) is 0 Å². The Morgan fingerprint density at radius 2 is 1.92 bits per heavy atom. The Bertz CT molecular complexity index is 1420. The Kier molecular flexibility index (Phi) is 7.77. The smallest absolute Gasteiger partial charge is 0.325 e. The van der Waals surface area contributed by atoms with Crippen LogP contribution in [0.15, 0.2) is 58.5 Å². The minimum atomic E-state index is -3.86. The molecular formula is C25H27ClN4O5S. The quantitative estimate of drug-likeness (QED) is 0.272. The van der Waals surface area contributed by atoms with Crippen molar-refractivity contribution in [2.24, 2.45) is 5.10 Å². The fourth-order valence-electron chi connectivity index (χ4n) is 4.43. The molecule has 0 aliphatic carbocycles. The third kappa shape index (κ3) is 5.16. The van der Waals surface area contributed by atoms with E-state index in [0.29, 0.717) is 24.5 Å². The van der Waals surface area contributed by atoms with Gasteiger partial charge >= 0.3 is 5.97 Å². The number of benzene rings is 2. The number of sulfonamides is 1. The number of amides is 1. The second-order valence-corrected chi connectivity index (χ2v) is 10.7. The number of carbonyl (C=O) groups excluding carboxylic acids is 2. The lowest BCUT2D eigenvalue weighted by Crippen LogP contribution is -2.44. The molecule has 1 aliphatic heterocycles. The number of halogens is 1. The largest absolute Gasteiger partial charge is 0.465 e. The van der Waals surface area contributed by atoms with E-state index in [4.69, 9.17) is 16.3 Å². The number of nitrogens with zero attached hydrogens (tertiary/aromatic N) is 3.